The number of alkyl halides is 1. The molecule has 12 heteroatoms. The lowest BCUT2D eigenvalue weighted by molar-refractivity contribution is -0.00177. The molecular formula is C24H27FN6O4S. The summed E-state index contributed by atoms with van der Waals surface area (Å²) in [6.07, 6.45) is 1.91. The molecule has 3 N–H and O–H groups in total. The predicted molar refractivity (Wildman–Crippen MR) is 132 cm³/mol. The number of anilines is 1. The lowest BCUT2D eigenvalue weighted by Crippen LogP contribution is -2.42. The smallest absolute Gasteiger partial charge is 0.255 e. The van der Waals surface area contributed by atoms with Crippen LogP contribution in [-0.4, -0.2) is 69.9 Å². The Hall–Kier alpha value is -3.56. The first-order chi connectivity index (χ1) is 17.0. The zero-order valence-electron chi connectivity index (χ0n) is 19.9. The van der Waals surface area contributed by atoms with E-state index in [0.29, 0.717) is 41.0 Å². The number of aliphatic hydroxyl groups is 1. The fourth-order valence-electron chi connectivity index (χ4n) is 3.93. The molecule has 190 valence electrons. The second kappa shape index (κ2) is 9.83. The van der Waals surface area contributed by atoms with Gasteiger partial charge in [-0.15, -0.1) is 0 Å². The van der Waals surface area contributed by atoms with Crippen LogP contribution in [0.3, 0.4) is 0 Å². The van der Waals surface area contributed by atoms with Crippen molar-refractivity contribution in [2.45, 2.75) is 44.5 Å². The first kappa shape index (κ1) is 25.5. The first-order valence-electron chi connectivity index (χ1n) is 11.5. The van der Waals surface area contributed by atoms with Crippen molar-refractivity contribution < 1.29 is 22.7 Å². The van der Waals surface area contributed by atoms with Crippen LogP contribution in [0.2, 0.25) is 0 Å². The van der Waals surface area contributed by atoms with Gasteiger partial charge in [0.05, 0.1) is 63.6 Å². The highest BCUT2D eigenvalue weighted by Gasteiger charge is 2.28. The molecule has 3 aromatic heterocycles. The van der Waals surface area contributed by atoms with E-state index in [1.165, 1.54) is 26.2 Å². The summed E-state index contributed by atoms with van der Waals surface area (Å²) in [6.45, 7) is 2.25. The maximum absolute atomic E-state index is 14.2. The number of carbonyl (C=O) groups excluding carboxylic acids is 1. The number of hydrogen-bond acceptors (Lipinski definition) is 8. The van der Waals surface area contributed by atoms with Crippen LogP contribution in [0.4, 0.5) is 10.1 Å². The van der Waals surface area contributed by atoms with Gasteiger partial charge < -0.3 is 15.7 Å². The normalized spacial score (nSPS) is 16.9. The molecule has 0 spiro atoms. The molecule has 1 fully saturated rings. The number of fused-ring (bicyclic) bond motifs is 1. The summed E-state index contributed by atoms with van der Waals surface area (Å²) in [5.41, 5.74) is 1.20. The number of nitrogens with zero attached hydrogens (tertiary/aromatic N) is 4. The molecule has 0 radical (unpaired) electrons. The standard InChI is InChI=1S/C24H27FN6O4S/c1-24(2,33)22(25)14-28-23(32)18-13-27-20(10-19(18)30-16-5-7-36(34,35)8-6-16)21-4-3-17-9-15(11-26)12-29-31(17)21/h3-4,9-10,12-13,16,22,33H,5-8,14H2,1-2H3,(H,27,30)(H,28,32)/t22-/m1/s1. The van der Waals surface area contributed by atoms with Crippen LogP contribution in [0.5, 0.6) is 0 Å². The molecule has 36 heavy (non-hydrogen) atoms. The average molecular weight is 515 g/mol. The average Bonchev–Trinajstić information content (AvgIpc) is 3.26. The van der Waals surface area contributed by atoms with Crippen molar-refractivity contribution in [3.63, 3.8) is 0 Å². The van der Waals surface area contributed by atoms with Gasteiger partial charge in [0.15, 0.2) is 0 Å². The number of pyridine rings is 1. The minimum atomic E-state index is -3.07. The summed E-state index contributed by atoms with van der Waals surface area (Å²) in [4.78, 5) is 17.4. The Morgan fingerprint density at radius 1 is 1.31 bits per heavy atom. The minimum absolute atomic E-state index is 0.0493. The second-order valence-electron chi connectivity index (χ2n) is 9.43. The van der Waals surface area contributed by atoms with E-state index < -0.39 is 27.5 Å². The second-order valence-corrected chi connectivity index (χ2v) is 11.7. The summed E-state index contributed by atoms with van der Waals surface area (Å²) in [7, 11) is -3.07. The fourth-order valence-corrected chi connectivity index (χ4v) is 5.42. The number of rotatable bonds is 7. The van der Waals surface area contributed by atoms with Gasteiger partial charge in [0, 0.05) is 12.2 Å². The maximum Gasteiger partial charge on any atom is 0.255 e. The molecule has 0 saturated carbocycles. The number of nitrogens with one attached hydrogen (secondary N) is 2. The van der Waals surface area contributed by atoms with E-state index in [-0.39, 0.29) is 29.7 Å². The van der Waals surface area contributed by atoms with E-state index in [1.807, 2.05) is 6.07 Å². The van der Waals surface area contributed by atoms with Crippen LogP contribution >= 0.6 is 0 Å². The molecule has 0 aliphatic carbocycles. The monoisotopic (exact) mass is 514 g/mol. The Morgan fingerprint density at radius 2 is 2.03 bits per heavy atom. The molecule has 1 saturated heterocycles. The molecule has 1 aliphatic heterocycles. The van der Waals surface area contributed by atoms with Crippen molar-refractivity contribution in [1.29, 1.82) is 5.26 Å². The van der Waals surface area contributed by atoms with E-state index in [9.17, 15) is 22.7 Å². The molecule has 1 atom stereocenters. The van der Waals surface area contributed by atoms with Crippen LogP contribution in [0.1, 0.15) is 42.6 Å². The Labute approximate surface area is 208 Å². The molecule has 1 aliphatic rings. The Kier molecular flexibility index (Phi) is 6.97. The predicted octanol–water partition coefficient (Wildman–Crippen LogP) is 2.10. The molecule has 4 heterocycles. The molecule has 10 nitrogen and oxygen atoms in total. The highest BCUT2D eigenvalue weighted by molar-refractivity contribution is 7.91. The third kappa shape index (κ3) is 5.63. The van der Waals surface area contributed by atoms with E-state index in [2.05, 4.69) is 20.7 Å². The summed E-state index contributed by atoms with van der Waals surface area (Å²) in [6, 6.07) is 8.81. The van der Waals surface area contributed by atoms with Crippen molar-refractivity contribution in [2.75, 3.05) is 23.4 Å². The number of nitriles is 1. The van der Waals surface area contributed by atoms with Gasteiger partial charge in [0.1, 0.15) is 22.1 Å². The Morgan fingerprint density at radius 3 is 2.69 bits per heavy atom. The van der Waals surface area contributed by atoms with Crippen molar-refractivity contribution in [1.82, 2.24) is 19.9 Å². The SMILES string of the molecule is CC(C)(O)[C@H](F)CNC(=O)c1cnc(-c2ccc3cc(C#N)cnn23)cc1NC1CCS(=O)(=O)CC1. The largest absolute Gasteiger partial charge is 0.387 e. The van der Waals surface area contributed by atoms with Gasteiger partial charge in [-0.1, -0.05) is 0 Å². The summed E-state index contributed by atoms with van der Waals surface area (Å²) >= 11 is 0. The molecular weight excluding hydrogens is 487 g/mol. The van der Waals surface area contributed by atoms with Crippen molar-refractivity contribution in [3.8, 4) is 17.5 Å². The van der Waals surface area contributed by atoms with E-state index >= 15 is 0 Å². The Bertz CT molecular complexity index is 1430. The van der Waals surface area contributed by atoms with Crippen molar-refractivity contribution in [3.05, 3.63) is 47.8 Å². The number of carbonyl (C=O) groups is 1. The van der Waals surface area contributed by atoms with E-state index in [1.54, 1.807) is 28.8 Å². The summed E-state index contributed by atoms with van der Waals surface area (Å²) in [5.74, 6) is -0.481. The topological polar surface area (TPSA) is 149 Å². The van der Waals surface area contributed by atoms with Crippen LogP contribution in [0.15, 0.2) is 36.7 Å². The highest BCUT2D eigenvalue weighted by Crippen LogP contribution is 2.27. The van der Waals surface area contributed by atoms with Gasteiger partial charge in [-0.3, -0.25) is 9.78 Å². The number of sulfone groups is 1. The summed E-state index contributed by atoms with van der Waals surface area (Å²) < 4.78 is 39.5. The summed E-state index contributed by atoms with van der Waals surface area (Å²) in [5, 5.41) is 29.0. The van der Waals surface area contributed by atoms with E-state index in [4.69, 9.17) is 5.26 Å². The fraction of sp³-hybridized carbons (Fsp3) is 0.417. The van der Waals surface area contributed by atoms with Crippen LogP contribution in [-0.2, 0) is 9.84 Å². The van der Waals surface area contributed by atoms with Gasteiger partial charge in [-0.05, 0) is 51.0 Å². The molecule has 4 rings (SSSR count). The third-order valence-corrected chi connectivity index (χ3v) is 7.88. The van der Waals surface area contributed by atoms with Gasteiger partial charge in [0.2, 0.25) is 0 Å². The molecule has 0 bridgehead atoms. The lowest BCUT2D eigenvalue weighted by atomic mass is 10.0. The quantitative estimate of drug-likeness (QED) is 0.434. The van der Waals surface area contributed by atoms with Crippen LogP contribution in [0.25, 0.3) is 16.9 Å². The number of amides is 1. The van der Waals surface area contributed by atoms with Crippen molar-refractivity contribution in [2.24, 2.45) is 0 Å². The van der Waals surface area contributed by atoms with Gasteiger partial charge in [-0.2, -0.15) is 10.4 Å². The van der Waals surface area contributed by atoms with Crippen LogP contribution in [0, 0.1) is 11.3 Å². The first-order valence-corrected chi connectivity index (χ1v) is 13.3. The third-order valence-electron chi connectivity index (χ3n) is 6.16. The van der Waals surface area contributed by atoms with Crippen molar-refractivity contribution >= 4 is 26.9 Å². The Balaban J connectivity index is 1.66. The lowest BCUT2D eigenvalue weighted by Gasteiger charge is -2.26. The number of hydrogen-bond donors (Lipinski definition) is 3. The molecule has 0 aromatic carbocycles. The number of halogens is 1. The minimum Gasteiger partial charge on any atom is -0.387 e. The zero-order valence-corrected chi connectivity index (χ0v) is 20.7. The molecule has 0 unspecified atom stereocenters. The molecule has 1 amide bonds. The van der Waals surface area contributed by atoms with Gasteiger partial charge in [-0.25, -0.2) is 17.3 Å². The number of aromatic nitrogens is 3. The van der Waals surface area contributed by atoms with E-state index in [0.717, 1.165) is 0 Å². The maximum atomic E-state index is 14.2. The van der Waals surface area contributed by atoms with Crippen LogP contribution < -0.4 is 10.6 Å². The highest BCUT2D eigenvalue weighted by atomic mass is 32.2. The van der Waals surface area contributed by atoms with Gasteiger partial charge >= 0.3 is 0 Å². The molecule has 3 aromatic rings. The van der Waals surface area contributed by atoms with Gasteiger partial charge in [0.25, 0.3) is 5.91 Å². The zero-order chi connectivity index (χ0) is 26.1.